The van der Waals surface area contributed by atoms with Crippen LogP contribution in [0.2, 0.25) is 0 Å². The molecule has 124 valence electrons. The first kappa shape index (κ1) is 21.3. The third-order valence-electron chi connectivity index (χ3n) is 3.69. The number of carboxylic acids is 1. The zero-order valence-electron chi connectivity index (χ0n) is 12.6. The number of rotatable bonds is 8. The molecule has 1 aromatic rings. The van der Waals surface area contributed by atoms with E-state index in [1.807, 2.05) is 0 Å². The van der Waals surface area contributed by atoms with E-state index in [4.69, 9.17) is 14.6 Å². The summed E-state index contributed by atoms with van der Waals surface area (Å²) in [5.41, 5.74) is 0. The van der Waals surface area contributed by atoms with Gasteiger partial charge in [0.1, 0.15) is 0 Å². The third kappa shape index (κ3) is 7.77. The summed E-state index contributed by atoms with van der Waals surface area (Å²) in [4.78, 5) is 22.0. The summed E-state index contributed by atoms with van der Waals surface area (Å²) in [5.74, 6) is -2.33. The van der Waals surface area contributed by atoms with Gasteiger partial charge in [0, 0.05) is 6.42 Å². The van der Waals surface area contributed by atoms with Crippen LogP contribution in [-0.4, -0.2) is 87.6 Å². The fraction of sp³-hybridized carbons (Fsp3) is 0.625. The summed E-state index contributed by atoms with van der Waals surface area (Å²) in [6.07, 6.45) is 8.66. The molecule has 7 heteroatoms. The fourth-order valence-electron chi connectivity index (χ4n) is 2.52. The zero-order valence-corrected chi connectivity index (χ0v) is 13.4. The molecule has 0 bridgehead atoms. The third-order valence-corrected chi connectivity index (χ3v) is 4.68. The van der Waals surface area contributed by atoms with Crippen LogP contribution in [0.15, 0.2) is 12.1 Å². The molecule has 1 N–H and O–H groups in total. The molecule has 1 fully saturated rings. The molecule has 1 aromatic heterocycles. The van der Waals surface area contributed by atoms with Crippen LogP contribution in [-0.2, 0) is 9.53 Å². The summed E-state index contributed by atoms with van der Waals surface area (Å²) in [6.45, 7) is 1.19. The molecular weight excluding hydrogens is 343 g/mol. The van der Waals surface area contributed by atoms with Gasteiger partial charge >= 0.3 is 57.4 Å². The molecule has 5 nitrogen and oxygen atoms in total. The van der Waals surface area contributed by atoms with Gasteiger partial charge in [-0.2, -0.15) is 0 Å². The molecule has 0 spiro atoms. The first-order valence-corrected chi connectivity index (χ1v) is 8.60. The van der Waals surface area contributed by atoms with E-state index in [1.165, 1.54) is 31.7 Å². The molecule has 23 heavy (non-hydrogen) atoms. The molecular formula is C16H23KO5S. The molecule has 1 aliphatic rings. The predicted molar refractivity (Wildman–Crippen MR) is 91.0 cm³/mol. The average Bonchev–Trinajstić information content (AvgIpc) is 2.81. The molecule has 1 saturated carbocycles. The molecule has 0 aliphatic heterocycles. The maximum absolute atomic E-state index is 11.3. The van der Waals surface area contributed by atoms with Crippen molar-refractivity contribution in [2.24, 2.45) is 0 Å². The van der Waals surface area contributed by atoms with Crippen molar-refractivity contribution >= 4 is 74.5 Å². The normalized spacial score (nSPS) is 15.5. The van der Waals surface area contributed by atoms with Gasteiger partial charge in [-0.25, -0.2) is 4.79 Å². The minimum atomic E-state index is -1.44. The molecule has 0 amide bonds. The van der Waals surface area contributed by atoms with Crippen molar-refractivity contribution < 1.29 is 24.2 Å². The minimum absolute atomic E-state index is 0. The van der Waals surface area contributed by atoms with Gasteiger partial charge in [0.25, 0.3) is 5.78 Å². The van der Waals surface area contributed by atoms with Crippen molar-refractivity contribution in [2.75, 3.05) is 13.2 Å². The van der Waals surface area contributed by atoms with Gasteiger partial charge in [-0.1, -0.05) is 37.0 Å². The number of Topliss-reactive ketones (excluding diaryl/α,β-unsaturated/α-hetero) is 1. The Morgan fingerprint density at radius 2 is 1.83 bits per heavy atom. The van der Waals surface area contributed by atoms with E-state index < -0.39 is 11.8 Å². The molecule has 0 aromatic carbocycles. The molecule has 1 heterocycles. The topological polar surface area (TPSA) is 72.8 Å². The Kier molecular flexibility index (Phi) is 10.9. The number of carbonyl (C=O) groups excluding carboxylic acids is 1. The Hall–Kier alpha value is 0.236. The SMILES string of the molecule is O=C(O)C(=O)c1ccc(OCCCOC2CCCCCC2)s1.[KH]. The number of hydrogen-bond acceptors (Lipinski definition) is 5. The van der Waals surface area contributed by atoms with Crippen LogP contribution in [0.5, 0.6) is 5.06 Å². The quantitative estimate of drug-likeness (QED) is 0.252. The Bertz CT molecular complexity index is 494. The average molecular weight is 367 g/mol. The number of carbonyl (C=O) groups is 2. The van der Waals surface area contributed by atoms with E-state index in [-0.39, 0.29) is 56.3 Å². The van der Waals surface area contributed by atoms with Crippen LogP contribution in [0.1, 0.15) is 54.6 Å². The molecule has 0 unspecified atom stereocenters. The maximum atomic E-state index is 11.3. The second-order valence-electron chi connectivity index (χ2n) is 5.44. The van der Waals surface area contributed by atoms with E-state index in [9.17, 15) is 9.59 Å². The molecule has 0 atom stereocenters. The Morgan fingerprint density at radius 1 is 1.13 bits per heavy atom. The summed E-state index contributed by atoms with van der Waals surface area (Å²) >= 11 is 1.06. The standard InChI is InChI=1S/C16H22O5S.K.H/c17-15(16(18)19)13-8-9-14(22-13)21-11-5-10-20-12-6-3-1-2-4-7-12;;/h8-9,12H,1-7,10-11H2,(H,18,19);;. The van der Waals surface area contributed by atoms with Crippen molar-refractivity contribution in [3.63, 3.8) is 0 Å². The summed E-state index contributed by atoms with van der Waals surface area (Å²) in [5, 5.41) is 9.20. The van der Waals surface area contributed by atoms with Gasteiger partial charge in [0.2, 0.25) is 0 Å². The van der Waals surface area contributed by atoms with Crippen LogP contribution in [0.3, 0.4) is 0 Å². The fourth-order valence-corrected chi connectivity index (χ4v) is 3.33. The van der Waals surface area contributed by atoms with Crippen LogP contribution in [0, 0.1) is 0 Å². The molecule has 2 rings (SSSR count). The Labute approximate surface area is 183 Å². The van der Waals surface area contributed by atoms with E-state index in [2.05, 4.69) is 0 Å². The predicted octanol–water partition coefficient (Wildman–Crippen LogP) is 2.88. The van der Waals surface area contributed by atoms with E-state index >= 15 is 0 Å². The number of thiophene rings is 1. The van der Waals surface area contributed by atoms with Gasteiger partial charge in [0.15, 0.2) is 5.06 Å². The molecule has 1 aliphatic carbocycles. The van der Waals surface area contributed by atoms with E-state index in [0.717, 1.165) is 30.6 Å². The molecule has 0 saturated heterocycles. The second-order valence-corrected chi connectivity index (χ2v) is 6.49. The van der Waals surface area contributed by atoms with Crippen molar-refractivity contribution in [1.29, 1.82) is 0 Å². The summed E-state index contributed by atoms with van der Waals surface area (Å²) < 4.78 is 11.4. The van der Waals surface area contributed by atoms with E-state index in [0.29, 0.717) is 24.4 Å². The Morgan fingerprint density at radius 3 is 2.48 bits per heavy atom. The van der Waals surface area contributed by atoms with Gasteiger partial charge < -0.3 is 14.6 Å². The number of ether oxygens (including phenoxy) is 2. The molecule has 0 radical (unpaired) electrons. The monoisotopic (exact) mass is 366 g/mol. The zero-order chi connectivity index (χ0) is 15.8. The number of hydrogen-bond donors (Lipinski definition) is 1. The van der Waals surface area contributed by atoms with Crippen LogP contribution < -0.4 is 4.74 Å². The van der Waals surface area contributed by atoms with Crippen molar-refractivity contribution in [3.8, 4) is 5.06 Å². The van der Waals surface area contributed by atoms with Gasteiger partial charge in [-0.3, -0.25) is 4.79 Å². The summed E-state index contributed by atoms with van der Waals surface area (Å²) in [7, 11) is 0. The number of carboxylic acid groups (broad SMARTS) is 1. The summed E-state index contributed by atoms with van der Waals surface area (Å²) in [6, 6.07) is 3.12. The second kappa shape index (κ2) is 11.7. The number of ketones is 1. The first-order chi connectivity index (χ1) is 10.7. The van der Waals surface area contributed by atoms with Gasteiger partial charge in [-0.15, -0.1) is 0 Å². The van der Waals surface area contributed by atoms with Crippen LogP contribution in [0.25, 0.3) is 0 Å². The van der Waals surface area contributed by atoms with Crippen molar-refractivity contribution in [1.82, 2.24) is 0 Å². The van der Waals surface area contributed by atoms with Gasteiger partial charge in [0.05, 0.1) is 24.2 Å². The number of aliphatic carboxylic acids is 1. The van der Waals surface area contributed by atoms with Crippen molar-refractivity contribution in [3.05, 3.63) is 17.0 Å². The first-order valence-electron chi connectivity index (χ1n) is 7.78. The van der Waals surface area contributed by atoms with Crippen LogP contribution >= 0.6 is 11.3 Å². The van der Waals surface area contributed by atoms with Crippen molar-refractivity contribution in [2.45, 2.75) is 51.0 Å². The van der Waals surface area contributed by atoms with E-state index in [1.54, 1.807) is 6.07 Å². The van der Waals surface area contributed by atoms with Gasteiger partial charge in [-0.05, 0) is 25.0 Å². The Balaban J connectivity index is 0.00000264. The van der Waals surface area contributed by atoms with Crippen LogP contribution in [0.4, 0.5) is 0 Å².